The average molecular weight is 343 g/mol. The van der Waals surface area contributed by atoms with Crippen molar-refractivity contribution < 1.29 is 0 Å². The third-order valence-electron chi connectivity index (χ3n) is 4.85. The molecule has 0 saturated carbocycles. The molecule has 0 saturated heterocycles. The van der Waals surface area contributed by atoms with Crippen molar-refractivity contribution in [3.63, 3.8) is 0 Å². The lowest BCUT2D eigenvalue weighted by Crippen LogP contribution is -2.23. The van der Waals surface area contributed by atoms with Crippen LogP contribution in [0.2, 0.25) is 0 Å². The zero-order valence-electron chi connectivity index (χ0n) is 15.7. The summed E-state index contributed by atoms with van der Waals surface area (Å²) >= 11 is 6.07. The zero-order valence-corrected chi connectivity index (χ0v) is 16.4. The topological polar surface area (TPSA) is 6.48 Å². The molecule has 0 spiro atoms. The van der Waals surface area contributed by atoms with E-state index in [1.54, 1.807) is 0 Å². The Morgan fingerprint density at radius 2 is 1.22 bits per heavy atom. The number of unbranched alkanes of at least 4 members (excludes halogenated alkanes) is 13. The van der Waals surface area contributed by atoms with Gasteiger partial charge in [-0.25, -0.2) is 0 Å². The molecule has 1 aliphatic heterocycles. The highest BCUT2D eigenvalue weighted by Crippen LogP contribution is 2.18. The van der Waals surface area contributed by atoms with Crippen LogP contribution in [-0.4, -0.2) is 30.1 Å². The number of nitrogens with zero attached hydrogens (tertiary/aromatic N) is 2. The molecule has 0 bridgehead atoms. The van der Waals surface area contributed by atoms with Crippen LogP contribution in [0, 0.1) is 0 Å². The van der Waals surface area contributed by atoms with Crippen LogP contribution in [0.5, 0.6) is 0 Å². The molecule has 0 aromatic heterocycles. The van der Waals surface area contributed by atoms with E-state index in [-0.39, 0.29) is 0 Å². The molecule has 3 heteroatoms. The van der Waals surface area contributed by atoms with Crippen LogP contribution in [0.1, 0.15) is 96.8 Å². The van der Waals surface area contributed by atoms with Gasteiger partial charge in [0.15, 0.2) is 0 Å². The van der Waals surface area contributed by atoms with Crippen molar-refractivity contribution in [1.29, 1.82) is 0 Å². The summed E-state index contributed by atoms with van der Waals surface area (Å²) in [4.78, 5) is 4.41. The van der Waals surface area contributed by atoms with E-state index in [1.165, 1.54) is 89.9 Å². The molecular weight excluding hydrogens is 304 g/mol. The van der Waals surface area contributed by atoms with Gasteiger partial charge in [-0.1, -0.05) is 102 Å². The van der Waals surface area contributed by atoms with E-state index >= 15 is 0 Å². The highest BCUT2D eigenvalue weighted by Gasteiger charge is 2.14. The summed E-state index contributed by atoms with van der Waals surface area (Å²) in [7, 11) is 2.05. The molecular formula is C20H39ClN2. The van der Waals surface area contributed by atoms with Gasteiger partial charge in [-0.3, -0.25) is 0 Å². The van der Waals surface area contributed by atoms with Gasteiger partial charge < -0.3 is 9.80 Å². The number of hydrogen-bond donors (Lipinski definition) is 0. The van der Waals surface area contributed by atoms with Crippen molar-refractivity contribution in [2.75, 3.05) is 20.3 Å². The standard InChI is InChI=1S/C20H39ClN2/c1-3-4-5-6-7-8-9-10-11-12-13-14-15-16-17-23-18-20(21)22(2)19-23/h18H,3-17,19H2,1-2H3. The normalized spacial score (nSPS) is 14.7. The minimum absolute atomic E-state index is 0.871. The molecule has 0 radical (unpaired) electrons. The van der Waals surface area contributed by atoms with Gasteiger partial charge >= 0.3 is 0 Å². The molecule has 0 aromatic carbocycles. The second-order valence-electron chi connectivity index (χ2n) is 7.20. The highest BCUT2D eigenvalue weighted by molar-refractivity contribution is 6.29. The maximum Gasteiger partial charge on any atom is 0.122 e. The number of hydrogen-bond acceptors (Lipinski definition) is 2. The first-order chi connectivity index (χ1) is 11.2. The number of rotatable bonds is 15. The smallest absolute Gasteiger partial charge is 0.122 e. The summed E-state index contributed by atoms with van der Waals surface area (Å²) in [6, 6.07) is 0. The lowest BCUT2D eigenvalue weighted by atomic mass is 10.0. The van der Waals surface area contributed by atoms with E-state index in [2.05, 4.69) is 22.9 Å². The maximum absolute atomic E-state index is 6.07. The molecule has 0 unspecified atom stereocenters. The maximum atomic E-state index is 6.07. The first kappa shape index (κ1) is 20.7. The van der Waals surface area contributed by atoms with Crippen molar-refractivity contribution >= 4 is 11.6 Å². The van der Waals surface area contributed by atoms with Crippen LogP contribution < -0.4 is 0 Å². The lowest BCUT2D eigenvalue weighted by Gasteiger charge is -2.17. The van der Waals surface area contributed by atoms with Gasteiger partial charge in [0.05, 0.1) is 6.67 Å². The molecule has 0 N–H and O–H groups in total. The fraction of sp³-hybridized carbons (Fsp3) is 0.900. The van der Waals surface area contributed by atoms with Gasteiger partial charge in [-0.05, 0) is 6.42 Å². The Morgan fingerprint density at radius 1 is 0.783 bits per heavy atom. The molecule has 136 valence electrons. The molecule has 2 nitrogen and oxygen atoms in total. The Bertz CT molecular complexity index is 304. The Hall–Kier alpha value is -0.370. The summed E-state index contributed by atoms with van der Waals surface area (Å²) in [6.07, 6.45) is 22.0. The monoisotopic (exact) mass is 342 g/mol. The van der Waals surface area contributed by atoms with E-state index in [9.17, 15) is 0 Å². The lowest BCUT2D eigenvalue weighted by molar-refractivity contribution is 0.288. The summed E-state index contributed by atoms with van der Waals surface area (Å²) in [5.41, 5.74) is 0. The number of halogens is 1. The second-order valence-corrected chi connectivity index (χ2v) is 7.59. The van der Waals surface area contributed by atoms with Gasteiger partial charge in [0.1, 0.15) is 5.16 Å². The highest BCUT2D eigenvalue weighted by atomic mass is 35.5. The van der Waals surface area contributed by atoms with E-state index in [0.717, 1.165) is 18.4 Å². The van der Waals surface area contributed by atoms with Crippen molar-refractivity contribution in [3.8, 4) is 0 Å². The second kappa shape index (κ2) is 14.0. The van der Waals surface area contributed by atoms with Crippen molar-refractivity contribution in [1.82, 2.24) is 9.80 Å². The Morgan fingerprint density at radius 3 is 1.61 bits per heavy atom. The summed E-state index contributed by atoms with van der Waals surface area (Å²) in [6.45, 7) is 4.40. The Kier molecular flexibility index (Phi) is 12.6. The predicted octanol–water partition coefficient (Wildman–Crippen LogP) is 6.71. The van der Waals surface area contributed by atoms with Gasteiger partial charge in [0.25, 0.3) is 0 Å². The third kappa shape index (κ3) is 10.9. The van der Waals surface area contributed by atoms with Gasteiger partial charge in [-0.15, -0.1) is 0 Å². The SMILES string of the molecule is CCCCCCCCCCCCCCCCN1C=C(Cl)N(C)C1. The van der Waals surface area contributed by atoms with Gasteiger partial charge in [0, 0.05) is 19.8 Å². The molecule has 1 heterocycles. The quantitative estimate of drug-likeness (QED) is 0.241. The van der Waals surface area contributed by atoms with Crippen molar-refractivity contribution in [2.45, 2.75) is 96.8 Å². The summed E-state index contributed by atoms with van der Waals surface area (Å²) in [5.74, 6) is 0. The fourth-order valence-corrected chi connectivity index (χ4v) is 3.47. The predicted molar refractivity (Wildman–Crippen MR) is 104 cm³/mol. The first-order valence-electron chi connectivity index (χ1n) is 10.1. The molecule has 0 aliphatic carbocycles. The van der Waals surface area contributed by atoms with Crippen molar-refractivity contribution in [3.05, 3.63) is 11.4 Å². The van der Waals surface area contributed by atoms with Crippen LogP contribution in [-0.2, 0) is 0 Å². The largest absolute Gasteiger partial charge is 0.357 e. The summed E-state index contributed by atoms with van der Waals surface area (Å²) < 4.78 is 0. The average Bonchev–Trinajstić information content (AvgIpc) is 2.86. The van der Waals surface area contributed by atoms with Crippen LogP contribution in [0.25, 0.3) is 0 Å². The van der Waals surface area contributed by atoms with Crippen LogP contribution >= 0.6 is 11.6 Å². The molecule has 0 aromatic rings. The first-order valence-corrected chi connectivity index (χ1v) is 10.4. The Labute approximate surface area is 150 Å². The van der Waals surface area contributed by atoms with Crippen LogP contribution in [0.3, 0.4) is 0 Å². The molecule has 0 amide bonds. The minimum Gasteiger partial charge on any atom is -0.357 e. The van der Waals surface area contributed by atoms with Crippen LogP contribution in [0.4, 0.5) is 0 Å². The minimum atomic E-state index is 0.871. The van der Waals surface area contributed by atoms with Gasteiger partial charge in [0.2, 0.25) is 0 Å². The van der Waals surface area contributed by atoms with E-state index in [1.807, 2.05) is 7.05 Å². The Balaban J connectivity index is 1.74. The van der Waals surface area contributed by atoms with E-state index in [4.69, 9.17) is 11.6 Å². The fourth-order valence-electron chi connectivity index (χ4n) is 3.27. The molecule has 23 heavy (non-hydrogen) atoms. The third-order valence-corrected chi connectivity index (χ3v) is 5.23. The molecule has 0 atom stereocenters. The van der Waals surface area contributed by atoms with Crippen LogP contribution in [0.15, 0.2) is 11.4 Å². The molecule has 1 aliphatic rings. The zero-order chi connectivity index (χ0) is 16.8. The van der Waals surface area contributed by atoms with E-state index in [0.29, 0.717) is 0 Å². The van der Waals surface area contributed by atoms with Gasteiger partial charge in [-0.2, -0.15) is 0 Å². The molecule has 0 fully saturated rings. The molecule has 1 rings (SSSR count). The summed E-state index contributed by atoms with van der Waals surface area (Å²) in [5, 5.41) is 0.871. The van der Waals surface area contributed by atoms with E-state index < -0.39 is 0 Å². The van der Waals surface area contributed by atoms with Crippen molar-refractivity contribution in [2.24, 2.45) is 0 Å².